The van der Waals surface area contributed by atoms with Crippen LogP contribution < -0.4 is 21.4 Å². The van der Waals surface area contributed by atoms with E-state index < -0.39 is 30.0 Å². The summed E-state index contributed by atoms with van der Waals surface area (Å²) in [5, 5.41) is 9.32. The topological polar surface area (TPSA) is 111 Å². The largest absolute Gasteiger partial charge is 0.495 e. The van der Waals surface area contributed by atoms with Gasteiger partial charge in [0.2, 0.25) is 5.91 Å². The number of ether oxygens (including phenoxy) is 1. The lowest BCUT2D eigenvalue weighted by Gasteiger charge is -2.32. The molecule has 0 bridgehead atoms. The Morgan fingerprint density at radius 3 is 2.23 bits per heavy atom. The molecule has 2 amide bonds. The van der Waals surface area contributed by atoms with Crippen LogP contribution in [0.2, 0.25) is 5.15 Å². The number of anilines is 1. The molecule has 35 heavy (non-hydrogen) atoms. The van der Waals surface area contributed by atoms with Crippen LogP contribution in [0.15, 0.2) is 12.1 Å². The maximum absolute atomic E-state index is 12.2. The van der Waals surface area contributed by atoms with Crippen LogP contribution in [0.5, 0.6) is 0 Å². The summed E-state index contributed by atoms with van der Waals surface area (Å²) in [7, 11) is -0.513. The Kier molecular flexibility index (Phi) is 8.28. The third-order valence-corrected chi connectivity index (χ3v) is 6.77. The molecule has 11 heteroatoms. The lowest BCUT2D eigenvalue weighted by molar-refractivity contribution is -0.121. The van der Waals surface area contributed by atoms with Crippen LogP contribution in [0.3, 0.4) is 0 Å². The van der Waals surface area contributed by atoms with Gasteiger partial charge < -0.3 is 30.0 Å². The van der Waals surface area contributed by atoms with Gasteiger partial charge in [-0.25, -0.2) is 9.78 Å². The first-order valence-electron chi connectivity index (χ1n) is 12.2. The second-order valence-electron chi connectivity index (χ2n) is 11.3. The zero-order chi connectivity index (χ0) is 26.0. The molecular weight excluding hydrogens is 471 g/mol. The van der Waals surface area contributed by atoms with Gasteiger partial charge in [-0.15, -0.1) is 0 Å². The third kappa shape index (κ3) is 7.72. The summed E-state index contributed by atoms with van der Waals surface area (Å²) in [4.78, 5) is 28.3. The van der Waals surface area contributed by atoms with E-state index in [0.717, 1.165) is 31.1 Å². The molecule has 1 saturated heterocycles. The highest BCUT2D eigenvalue weighted by molar-refractivity contribution is 6.62. The summed E-state index contributed by atoms with van der Waals surface area (Å²) in [6, 6.07) is 3.96. The molecule has 2 fully saturated rings. The first-order chi connectivity index (χ1) is 16.1. The van der Waals surface area contributed by atoms with E-state index in [9.17, 15) is 9.59 Å². The van der Waals surface area contributed by atoms with Crippen molar-refractivity contribution in [1.82, 2.24) is 15.6 Å². The smallest absolute Gasteiger partial charge is 0.444 e. The van der Waals surface area contributed by atoms with Gasteiger partial charge in [0.15, 0.2) is 0 Å². The second kappa shape index (κ2) is 10.5. The van der Waals surface area contributed by atoms with Crippen LogP contribution in [0.1, 0.15) is 74.1 Å². The quantitative estimate of drug-likeness (QED) is 0.399. The van der Waals surface area contributed by atoms with Crippen LogP contribution in [-0.4, -0.2) is 59.5 Å². The number of hydrogen-bond acceptors (Lipinski definition) is 7. The predicted molar refractivity (Wildman–Crippen MR) is 137 cm³/mol. The molecule has 0 atom stereocenters. The van der Waals surface area contributed by atoms with Gasteiger partial charge in [-0.3, -0.25) is 4.79 Å². The van der Waals surface area contributed by atoms with Crippen molar-refractivity contribution >= 4 is 42.0 Å². The standard InChI is InChI=1S/C24H38BClN4O5/c1-22(2,3)33-21(32)27-14-20(31)29-17-10-8-16(9-11-17)28-19-13-15(12-18(26)30-19)25-34-23(4,5)24(6,7)35-25/h12-13,16-17H,8-11,14H2,1-7H3,(H,27,32)(H,28,30)(H,29,31)/t16-,17-. The molecule has 1 aliphatic heterocycles. The summed E-state index contributed by atoms with van der Waals surface area (Å²) in [5.41, 5.74) is -0.655. The highest BCUT2D eigenvalue weighted by Crippen LogP contribution is 2.36. The number of pyridine rings is 1. The molecular formula is C24H38BClN4O5. The SMILES string of the molecule is CC(C)(C)OC(=O)NCC(=O)N[C@H]1CC[C@H](Nc2cc(B3OC(C)(C)C(C)(C)O3)cc(Cl)n2)CC1. The molecule has 1 aromatic heterocycles. The van der Waals surface area contributed by atoms with E-state index in [0.29, 0.717) is 11.0 Å². The van der Waals surface area contributed by atoms with Gasteiger partial charge in [-0.05, 0) is 91.7 Å². The molecule has 1 aromatic rings. The first-order valence-corrected chi connectivity index (χ1v) is 12.6. The molecule has 3 N–H and O–H groups in total. The predicted octanol–water partition coefficient (Wildman–Crippen LogP) is 3.40. The fraction of sp³-hybridized carbons (Fsp3) is 0.708. The number of rotatable bonds is 6. The molecule has 2 heterocycles. The minimum Gasteiger partial charge on any atom is -0.444 e. The van der Waals surface area contributed by atoms with Crippen LogP contribution in [0.4, 0.5) is 10.6 Å². The summed E-state index contributed by atoms with van der Waals surface area (Å²) >= 11 is 6.31. The summed E-state index contributed by atoms with van der Waals surface area (Å²) in [6.45, 7) is 13.3. The molecule has 0 aromatic carbocycles. The molecule has 1 aliphatic carbocycles. The van der Waals surface area contributed by atoms with Crippen LogP contribution in [0.25, 0.3) is 0 Å². The van der Waals surface area contributed by atoms with E-state index in [1.165, 1.54) is 0 Å². The van der Waals surface area contributed by atoms with Crippen molar-refractivity contribution in [3.63, 3.8) is 0 Å². The fourth-order valence-corrected chi connectivity index (χ4v) is 4.26. The van der Waals surface area contributed by atoms with Crippen molar-refractivity contribution in [3.8, 4) is 0 Å². The molecule has 1 saturated carbocycles. The van der Waals surface area contributed by atoms with Crippen molar-refractivity contribution in [2.75, 3.05) is 11.9 Å². The van der Waals surface area contributed by atoms with Gasteiger partial charge >= 0.3 is 13.2 Å². The zero-order valence-electron chi connectivity index (χ0n) is 21.8. The van der Waals surface area contributed by atoms with Crippen molar-refractivity contribution < 1.29 is 23.6 Å². The molecule has 3 rings (SSSR count). The first kappa shape index (κ1) is 27.6. The Balaban J connectivity index is 1.47. The number of halogens is 1. The van der Waals surface area contributed by atoms with E-state index in [-0.39, 0.29) is 24.5 Å². The minimum atomic E-state index is -0.602. The fourth-order valence-electron chi connectivity index (χ4n) is 4.04. The highest BCUT2D eigenvalue weighted by Gasteiger charge is 2.51. The Bertz CT molecular complexity index is 913. The van der Waals surface area contributed by atoms with E-state index >= 15 is 0 Å². The number of carbonyl (C=O) groups is 2. The molecule has 194 valence electrons. The van der Waals surface area contributed by atoms with Crippen LogP contribution in [-0.2, 0) is 18.8 Å². The number of carbonyl (C=O) groups excluding carboxylic acids is 2. The van der Waals surface area contributed by atoms with Gasteiger partial charge in [0.05, 0.1) is 11.2 Å². The molecule has 9 nitrogen and oxygen atoms in total. The number of nitrogens with zero attached hydrogens (tertiary/aromatic N) is 1. The second-order valence-corrected chi connectivity index (χ2v) is 11.7. The maximum atomic E-state index is 12.2. The van der Waals surface area contributed by atoms with Crippen molar-refractivity contribution in [1.29, 1.82) is 0 Å². The average Bonchev–Trinajstić information content (AvgIpc) is 2.93. The zero-order valence-corrected chi connectivity index (χ0v) is 22.5. The number of amides is 2. The Labute approximate surface area is 213 Å². The number of hydrogen-bond donors (Lipinski definition) is 3. The van der Waals surface area contributed by atoms with Gasteiger partial charge in [-0.1, -0.05) is 11.6 Å². The normalized spacial score (nSPS) is 23.5. The van der Waals surface area contributed by atoms with Crippen molar-refractivity contribution in [3.05, 3.63) is 17.3 Å². The van der Waals surface area contributed by atoms with Crippen LogP contribution >= 0.6 is 11.6 Å². The monoisotopic (exact) mass is 508 g/mol. The average molecular weight is 509 g/mol. The van der Waals surface area contributed by atoms with Crippen LogP contribution in [0, 0.1) is 0 Å². The van der Waals surface area contributed by atoms with E-state index in [1.807, 2.05) is 33.8 Å². The van der Waals surface area contributed by atoms with E-state index in [4.69, 9.17) is 25.6 Å². The lowest BCUT2D eigenvalue weighted by atomic mass is 9.79. The molecule has 2 aliphatic rings. The number of nitrogens with one attached hydrogen (secondary N) is 3. The number of aromatic nitrogens is 1. The highest BCUT2D eigenvalue weighted by atomic mass is 35.5. The Morgan fingerprint density at radius 1 is 1.09 bits per heavy atom. The third-order valence-electron chi connectivity index (χ3n) is 6.58. The molecule has 0 unspecified atom stereocenters. The summed E-state index contributed by atoms with van der Waals surface area (Å²) in [5.74, 6) is 0.451. The lowest BCUT2D eigenvalue weighted by Crippen LogP contribution is -2.45. The van der Waals surface area contributed by atoms with Gasteiger partial charge in [0, 0.05) is 12.1 Å². The molecule has 0 radical (unpaired) electrons. The Morgan fingerprint density at radius 2 is 1.66 bits per heavy atom. The van der Waals surface area contributed by atoms with E-state index in [2.05, 4.69) is 20.9 Å². The minimum absolute atomic E-state index is 0.0635. The Hall–Kier alpha value is -2.04. The summed E-state index contributed by atoms with van der Waals surface area (Å²) in [6.07, 6.45) is 2.77. The van der Waals surface area contributed by atoms with Crippen molar-refractivity contribution in [2.24, 2.45) is 0 Å². The van der Waals surface area contributed by atoms with Gasteiger partial charge in [-0.2, -0.15) is 0 Å². The summed E-state index contributed by atoms with van der Waals surface area (Å²) < 4.78 is 17.4. The van der Waals surface area contributed by atoms with E-state index in [1.54, 1.807) is 26.8 Å². The maximum Gasteiger partial charge on any atom is 0.495 e. The van der Waals surface area contributed by atoms with Gasteiger partial charge in [0.25, 0.3) is 0 Å². The van der Waals surface area contributed by atoms with Gasteiger partial charge in [0.1, 0.15) is 23.1 Å². The van der Waals surface area contributed by atoms with Crippen molar-refractivity contribution in [2.45, 2.75) is 103 Å². The number of alkyl carbamates (subject to hydrolysis) is 1. The molecule has 0 spiro atoms.